The zero-order valence-corrected chi connectivity index (χ0v) is 17.1. The summed E-state index contributed by atoms with van der Waals surface area (Å²) in [4.78, 5) is 18.5. The standard InChI is InChI=1S/C25H28N2O2/c1-17(2)18-7-9-19(10-8-18)24(27-13-11-20(12-14-27)25(28)29)22-15-21-5-3-4-6-23(21)26-16-22/h3-10,15-17,20,24H,11-14H2,1-2H3,(H,28,29). The number of hydrogen-bond acceptors (Lipinski definition) is 3. The Bertz CT molecular complexity index is 989. The SMILES string of the molecule is CC(C)c1ccc(C(c2cnc3ccccc3c2)N2CCC(C(=O)O)CC2)cc1. The maximum atomic E-state index is 11.4. The van der Waals surface area contributed by atoms with E-state index in [1.165, 1.54) is 11.1 Å². The summed E-state index contributed by atoms with van der Waals surface area (Å²) in [6, 6.07) is 19.4. The van der Waals surface area contributed by atoms with Gasteiger partial charge in [0.15, 0.2) is 0 Å². The molecule has 1 aliphatic heterocycles. The van der Waals surface area contributed by atoms with Crippen LogP contribution in [0.3, 0.4) is 0 Å². The van der Waals surface area contributed by atoms with Crippen LogP contribution in [0.5, 0.6) is 0 Å². The molecule has 2 heterocycles. The highest BCUT2D eigenvalue weighted by molar-refractivity contribution is 5.79. The van der Waals surface area contributed by atoms with Gasteiger partial charge in [0.25, 0.3) is 0 Å². The number of para-hydroxylation sites is 1. The summed E-state index contributed by atoms with van der Waals surface area (Å²) in [6.45, 7) is 5.97. The molecule has 150 valence electrons. The molecular weight excluding hydrogens is 360 g/mol. The number of rotatable bonds is 5. The minimum absolute atomic E-state index is 0.0862. The lowest BCUT2D eigenvalue weighted by molar-refractivity contribution is -0.143. The lowest BCUT2D eigenvalue weighted by Crippen LogP contribution is -2.39. The van der Waals surface area contributed by atoms with E-state index in [-0.39, 0.29) is 12.0 Å². The van der Waals surface area contributed by atoms with Crippen LogP contribution in [0.1, 0.15) is 55.3 Å². The van der Waals surface area contributed by atoms with E-state index in [0.29, 0.717) is 18.8 Å². The molecule has 4 heteroatoms. The van der Waals surface area contributed by atoms with Gasteiger partial charge in [-0.3, -0.25) is 14.7 Å². The molecule has 1 aliphatic rings. The maximum Gasteiger partial charge on any atom is 0.306 e. The first-order valence-electron chi connectivity index (χ1n) is 10.4. The highest BCUT2D eigenvalue weighted by Gasteiger charge is 2.30. The molecule has 29 heavy (non-hydrogen) atoms. The van der Waals surface area contributed by atoms with Gasteiger partial charge in [-0.25, -0.2) is 0 Å². The molecule has 0 aliphatic carbocycles. The summed E-state index contributed by atoms with van der Waals surface area (Å²) in [5, 5.41) is 10.5. The van der Waals surface area contributed by atoms with Gasteiger partial charge in [0.05, 0.1) is 17.5 Å². The second-order valence-electron chi connectivity index (χ2n) is 8.33. The number of hydrogen-bond donors (Lipinski definition) is 1. The quantitative estimate of drug-likeness (QED) is 0.649. The topological polar surface area (TPSA) is 53.4 Å². The van der Waals surface area contributed by atoms with E-state index in [1.54, 1.807) is 0 Å². The van der Waals surface area contributed by atoms with E-state index in [9.17, 15) is 9.90 Å². The molecular formula is C25H28N2O2. The van der Waals surface area contributed by atoms with Crippen molar-refractivity contribution >= 4 is 16.9 Å². The maximum absolute atomic E-state index is 11.4. The Balaban J connectivity index is 1.71. The number of likely N-dealkylation sites (tertiary alicyclic amines) is 1. The number of pyridine rings is 1. The van der Waals surface area contributed by atoms with Gasteiger partial charge < -0.3 is 5.11 Å². The molecule has 4 rings (SSSR count). The van der Waals surface area contributed by atoms with Crippen molar-refractivity contribution in [2.75, 3.05) is 13.1 Å². The van der Waals surface area contributed by atoms with Crippen LogP contribution in [0.25, 0.3) is 10.9 Å². The van der Waals surface area contributed by atoms with Crippen molar-refractivity contribution in [1.29, 1.82) is 0 Å². The fourth-order valence-electron chi connectivity index (χ4n) is 4.32. The fraction of sp³-hybridized carbons (Fsp3) is 0.360. The monoisotopic (exact) mass is 388 g/mol. The fourth-order valence-corrected chi connectivity index (χ4v) is 4.32. The highest BCUT2D eigenvalue weighted by atomic mass is 16.4. The van der Waals surface area contributed by atoms with Gasteiger partial charge >= 0.3 is 5.97 Å². The summed E-state index contributed by atoms with van der Waals surface area (Å²) in [7, 11) is 0. The third kappa shape index (κ3) is 4.18. The molecule has 1 unspecified atom stereocenters. The van der Waals surface area contributed by atoms with Crippen molar-refractivity contribution in [3.05, 3.63) is 77.5 Å². The number of aliphatic carboxylic acids is 1. The Morgan fingerprint density at radius 3 is 2.31 bits per heavy atom. The van der Waals surface area contributed by atoms with Gasteiger partial charge in [-0.05, 0) is 60.7 Å². The molecule has 0 radical (unpaired) electrons. The number of nitrogens with zero attached hydrogens (tertiary/aromatic N) is 2. The van der Waals surface area contributed by atoms with Crippen LogP contribution in [0.4, 0.5) is 0 Å². The largest absolute Gasteiger partial charge is 0.481 e. The van der Waals surface area contributed by atoms with E-state index in [4.69, 9.17) is 4.98 Å². The average Bonchev–Trinajstić information content (AvgIpc) is 2.74. The Labute approximate surface area is 172 Å². The number of fused-ring (bicyclic) bond motifs is 1. The minimum Gasteiger partial charge on any atom is -0.481 e. The van der Waals surface area contributed by atoms with Gasteiger partial charge in [0, 0.05) is 11.6 Å². The van der Waals surface area contributed by atoms with E-state index in [0.717, 1.165) is 29.6 Å². The van der Waals surface area contributed by atoms with Crippen molar-refractivity contribution in [3.63, 3.8) is 0 Å². The summed E-state index contributed by atoms with van der Waals surface area (Å²) in [6.07, 6.45) is 3.36. The second-order valence-corrected chi connectivity index (χ2v) is 8.33. The molecule has 0 bridgehead atoms. The summed E-state index contributed by atoms with van der Waals surface area (Å²) in [5.74, 6) is -0.407. The zero-order valence-electron chi connectivity index (χ0n) is 17.1. The van der Waals surface area contributed by atoms with Crippen molar-refractivity contribution in [3.8, 4) is 0 Å². The summed E-state index contributed by atoms with van der Waals surface area (Å²) >= 11 is 0. The predicted molar refractivity (Wildman–Crippen MR) is 116 cm³/mol. The van der Waals surface area contributed by atoms with Gasteiger partial charge in [-0.1, -0.05) is 56.3 Å². The Kier molecular flexibility index (Phi) is 5.63. The molecule has 1 fully saturated rings. The normalized spacial score (nSPS) is 16.9. The van der Waals surface area contributed by atoms with Crippen molar-refractivity contribution in [1.82, 2.24) is 9.88 Å². The second kappa shape index (κ2) is 8.34. The highest BCUT2D eigenvalue weighted by Crippen LogP contribution is 2.34. The van der Waals surface area contributed by atoms with Crippen LogP contribution in [-0.4, -0.2) is 34.0 Å². The molecule has 0 saturated carbocycles. The number of aromatic nitrogens is 1. The van der Waals surface area contributed by atoms with Crippen LogP contribution < -0.4 is 0 Å². The first kappa shape index (κ1) is 19.6. The molecule has 4 nitrogen and oxygen atoms in total. The van der Waals surface area contributed by atoms with Crippen LogP contribution in [0.2, 0.25) is 0 Å². The molecule has 1 atom stereocenters. The van der Waals surface area contributed by atoms with Gasteiger partial charge in [0.2, 0.25) is 0 Å². The lowest BCUT2D eigenvalue weighted by Gasteiger charge is -2.37. The summed E-state index contributed by atoms with van der Waals surface area (Å²) < 4.78 is 0. The van der Waals surface area contributed by atoms with Crippen molar-refractivity contribution < 1.29 is 9.90 Å². The van der Waals surface area contributed by atoms with Crippen LogP contribution in [0.15, 0.2) is 60.8 Å². The van der Waals surface area contributed by atoms with Crippen LogP contribution in [-0.2, 0) is 4.79 Å². The lowest BCUT2D eigenvalue weighted by atomic mass is 9.90. The first-order valence-corrected chi connectivity index (χ1v) is 10.4. The van der Waals surface area contributed by atoms with Crippen molar-refractivity contribution in [2.45, 2.75) is 38.6 Å². The molecule has 3 aromatic rings. The van der Waals surface area contributed by atoms with E-state index < -0.39 is 5.97 Å². The van der Waals surface area contributed by atoms with E-state index >= 15 is 0 Å². The third-order valence-corrected chi connectivity index (χ3v) is 6.09. The van der Waals surface area contributed by atoms with Crippen LogP contribution >= 0.6 is 0 Å². The van der Waals surface area contributed by atoms with Gasteiger partial charge in [-0.15, -0.1) is 0 Å². The molecule has 1 aromatic heterocycles. The Morgan fingerprint density at radius 2 is 1.66 bits per heavy atom. The average molecular weight is 389 g/mol. The van der Waals surface area contributed by atoms with Gasteiger partial charge in [0.1, 0.15) is 0 Å². The molecule has 1 N–H and O–H groups in total. The summed E-state index contributed by atoms with van der Waals surface area (Å²) in [5.41, 5.74) is 4.72. The molecule has 2 aromatic carbocycles. The van der Waals surface area contributed by atoms with E-state index in [2.05, 4.69) is 55.1 Å². The minimum atomic E-state index is -0.671. The van der Waals surface area contributed by atoms with Crippen LogP contribution in [0, 0.1) is 5.92 Å². The number of carboxylic acid groups (broad SMARTS) is 1. The Hall–Kier alpha value is -2.72. The number of carbonyl (C=O) groups is 1. The zero-order chi connectivity index (χ0) is 20.4. The smallest absolute Gasteiger partial charge is 0.306 e. The molecule has 1 saturated heterocycles. The van der Waals surface area contributed by atoms with Gasteiger partial charge in [-0.2, -0.15) is 0 Å². The molecule has 0 amide bonds. The third-order valence-electron chi connectivity index (χ3n) is 6.09. The van der Waals surface area contributed by atoms with Crippen molar-refractivity contribution in [2.24, 2.45) is 5.92 Å². The number of carboxylic acids is 1. The predicted octanol–water partition coefficient (Wildman–Crippen LogP) is 5.24. The first-order chi connectivity index (χ1) is 14.0. The number of benzene rings is 2. The Morgan fingerprint density at radius 1 is 1.00 bits per heavy atom. The number of piperidine rings is 1. The van der Waals surface area contributed by atoms with E-state index in [1.807, 2.05) is 24.4 Å². The molecule has 0 spiro atoms.